The summed E-state index contributed by atoms with van der Waals surface area (Å²) in [5.74, 6) is 1.27. The Hall–Kier alpha value is -0.790. The molecule has 0 aromatic carbocycles. The number of hydrogen-bond acceptors (Lipinski definition) is 1. The third-order valence-corrected chi connectivity index (χ3v) is 6.14. The van der Waals surface area contributed by atoms with Gasteiger partial charge in [0, 0.05) is 0 Å². The fourth-order valence-electron chi connectivity index (χ4n) is 5.29. The number of aliphatic carboxylic acids is 1. The molecule has 1 N–H and O–H groups in total. The molecule has 0 amide bonds. The fraction of sp³-hybridized carbons (Fsp3) is 0.800. The standard InChI is InChI=1S/C15H22O2/c1-9-6-11-5-4-10(2)15(11)8-14(3,13(16)17)7-12(9)15/h10-12H,1,4-8H2,2-3H3,(H,16,17). The summed E-state index contributed by atoms with van der Waals surface area (Å²) in [6, 6.07) is 0. The SMILES string of the molecule is C=C1CC2CCC(C)C23CC(C)(C(=O)O)CC13. The van der Waals surface area contributed by atoms with Crippen molar-refractivity contribution >= 4 is 5.97 Å². The molecule has 3 fully saturated rings. The molecule has 0 radical (unpaired) electrons. The van der Waals surface area contributed by atoms with Gasteiger partial charge in [-0.2, -0.15) is 0 Å². The van der Waals surface area contributed by atoms with Crippen LogP contribution in [-0.2, 0) is 4.79 Å². The average molecular weight is 234 g/mol. The number of hydrogen-bond donors (Lipinski definition) is 1. The lowest BCUT2D eigenvalue weighted by atomic mass is 9.69. The second kappa shape index (κ2) is 3.15. The first-order valence-electron chi connectivity index (χ1n) is 6.81. The smallest absolute Gasteiger partial charge is 0.309 e. The van der Waals surface area contributed by atoms with Crippen LogP contribution < -0.4 is 0 Å². The summed E-state index contributed by atoms with van der Waals surface area (Å²) in [6.45, 7) is 8.52. The zero-order chi connectivity index (χ0) is 12.4. The molecule has 1 spiro atoms. The van der Waals surface area contributed by atoms with Gasteiger partial charge in [0.2, 0.25) is 0 Å². The van der Waals surface area contributed by atoms with Crippen LogP contribution in [0.4, 0.5) is 0 Å². The highest BCUT2D eigenvalue weighted by Gasteiger charge is 2.66. The van der Waals surface area contributed by atoms with Crippen LogP contribution in [0.3, 0.4) is 0 Å². The van der Waals surface area contributed by atoms with E-state index in [-0.39, 0.29) is 5.41 Å². The first-order chi connectivity index (χ1) is 7.90. The van der Waals surface area contributed by atoms with Crippen LogP contribution >= 0.6 is 0 Å². The second-order valence-electron chi connectivity index (χ2n) is 6.95. The van der Waals surface area contributed by atoms with E-state index in [2.05, 4.69) is 13.5 Å². The Morgan fingerprint density at radius 2 is 2.18 bits per heavy atom. The van der Waals surface area contributed by atoms with Crippen molar-refractivity contribution in [3.05, 3.63) is 12.2 Å². The van der Waals surface area contributed by atoms with Crippen LogP contribution in [0.1, 0.15) is 46.0 Å². The van der Waals surface area contributed by atoms with E-state index in [1.165, 1.54) is 18.4 Å². The minimum Gasteiger partial charge on any atom is -0.481 e. The van der Waals surface area contributed by atoms with Gasteiger partial charge in [-0.1, -0.05) is 19.1 Å². The first-order valence-corrected chi connectivity index (χ1v) is 6.81. The predicted molar refractivity (Wildman–Crippen MR) is 66.5 cm³/mol. The second-order valence-corrected chi connectivity index (χ2v) is 6.95. The molecule has 0 saturated heterocycles. The number of rotatable bonds is 1. The van der Waals surface area contributed by atoms with Gasteiger partial charge >= 0.3 is 5.97 Å². The zero-order valence-corrected chi connectivity index (χ0v) is 10.8. The number of carbonyl (C=O) groups is 1. The van der Waals surface area contributed by atoms with E-state index in [1.54, 1.807) is 0 Å². The molecule has 0 aromatic rings. The van der Waals surface area contributed by atoms with Crippen molar-refractivity contribution in [2.24, 2.45) is 28.6 Å². The Kier molecular flexibility index (Phi) is 2.10. The van der Waals surface area contributed by atoms with Gasteiger partial charge in [0.1, 0.15) is 0 Å². The molecule has 3 aliphatic rings. The molecule has 2 heteroatoms. The summed E-state index contributed by atoms with van der Waals surface area (Å²) in [6.07, 6.45) is 5.42. The molecular formula is C15H22O2. The summed E-state index contributed by atoms with van der Waals surface area (Å²) in [7, 11) is 0. The summed E-state index contributed by atoms with van der Waals surface area (Å²) in [5.41, 5.74) is 1.11. The maximum Gasteiger partial charge on any atom is 0.309 e. The molecule has 3 rings (SSSR count). The van der Waals surface area contributed by atoms with Crippen LogP contribution in [0.15, 0.2) is 12.2 Å². The van der Waals surface area contributed by atoms with E-state index in [0.717, 1.165) is 25.2 Å². The predicted octanol–water partition coefficient (Wildman–Crippen LogP) is 3.48. The maximum atomic E-state index is 11.5. The maximum absolute atomic E-state index is 11.5. The Morgan fingerprint density at radius 1 is 1.47 bits per heavy atom. The Bertz CT molecular complexity index is 400. The molecule has 0 bridgehead atoms. The van der Waals surface area contributed by atoms with Crippen molar-refractivity contribution in [1.29, 1.82) is 0 Å². The van der Waals surface area contributed by atoms with Gasteiger partial charge in [0.25, 0.3) is 0 Å². The summed E-state index contributed by atoms with van der Waals surface area (Å²) in [5, 5.41) is 9.49. The normalized spacial score (nSPS) is 52.6. The third kappa shape index (κ3) is 1.19. The Labute approximate surface area is 103 Å². The summed E-state index contributed by atoms with van der Waals surface area (Å²) < 4.78 is 0. The highest BCUT2D eigenvalue weighted by molar-refractivity contribution is 5.75. The molecule has 2 nitrogen and oxygen atoms in total. The average Bonchev–Trinajstić information content (AvgIpc) is 2.80. The van der Waals surface area contributed by atoms with Crippen molar-refractivity contribution < 1.29 is 9.90 Å². The largest absolute Gasteiger partial charge is 0.481 e. The molecule has 5 unspecified atom stereocenters. The fourth-order valence-corrected chi connectivity index (χ4v) is 5.29. The van der Waals surface area contributed by atoms with E-state index in [4.69, 9.17) is 0 Å². The van der Waals surface area contributed by atoms with Crippen molar-refractivity contribution in [2.75, 3.05) is 0 Å². The van der Waals surface area contributed by atoms with Gasteiger partial charge in [-0.15, -0.1) is 0 Å². The van der Waals surface area contributed by atoms with Crippen molar-refractivity contribution in [2.45, 2.75) is 46.0 Å². The van der Waals surface area contributed by atoms with Gasteiger partial charge in [0.05, 0.1) is 5.41 Å². The van der Waals surface area contributed by atoms with E-state index in [9.17, 15) is 9.90 Å². The first kappa shape index (κ1) is 11.3. The van der Waals surface area contributed by atoms with Gasteiger partial charge in [-0.05, 0) is 62.2 Å². The third-order valence-electron chi connectivity index (χ3n) is 6.14. The molecule has 94 valence electrons. The zero-order valence-electron chi connectivity index (χ0n) is 10.8. The van der Waals surface area contributed by atoms with Crippen LogP contribution in [0, 0.1) is 28.6 Å². The van der Waals surface area contributed by atoms with Crippen LogP contribution in [0.2, 0.25) is 0 Å². The van der Waals surface area contributed by atoms with Crippen LogP contribution in [0.5, 0.6) is 0 Å². The highest BCUT2D eigenvalue weighted by Crippen LogP contribution is 2.72. The quantitative estimate of drug-likeness (QED) is 0.705. The van der Waals surface area contributed by atoms with Gasteiger partial charge < -0.3 is 5.11 Å². The molecule has 3 saturated carbocycles. The molecule has 17 heavy (non-hydrogen) atoms. The van der Waals surface area contributed by atoms with E-state index in [0.29, 0.717) is 11.8 Å². The lowest BCUT2D eigenvalue weighted by molar-refractivity contribution is -0.148. The molecule has 3 aliphatic carbocycles. The minimum atomic E-state index is -0.605. The number of carboxylic acid groups (broad SMARTS) is 1. The van der Waals surface area contributed by atoms with Gasteiger partial charge in [0.15, 0.2) is 0 Å². The van der Waals surface area contributed by atoms with E-state index in [1.807, 2.05) is 6.92 Å². The monoisotopic (exact) mass is 234 g/mol. The lowest BCUT2D eigenvalue weighted by Gasteiger charge is -2.35. The topological polar surface area (TPSA) is 37.3 Å². The van der Waals surface area contributed by atoms with Crippen molar-refractivity contribution in [1.82, 2.24) is 0 Å². The van der Waals surface area contributed by atoms with E-state index < -0.39 is 11.4 Å². The van der Waals surface area contributed by atoms with Crippen molar-refractivity contribution in [3.8, 4) is 0 Å². The number of allylic oxidation sites excluding steroid dienone is 1. The minimum absolute atomic E-state index is 0.282. The summed E-state index contributed by atoms with van der Waals surface area (Å²) in [4.78, 5) is 11.5. The molecule has 0 aliphatic heterocycles. The van der Waals surface area contributed by atoms with Crippen molar-refractivity contribution in [3.63, 3.8) is 0 Å². The van der Waals surface area contributed by atoms with Crippen LogP contribution in [-0.4, -0.2) is 11.1 Å². The molecule has 0 aromatic heterocycles. The lowest BCUT2D eigenvalue weighted by Crippen LogP contribution is -2.32. The van der Waals surface area contributed by atoms with Gasteiger partial charge in [-0.25, -0.2) is 0 Å². The Balaban J connectivity index is 2.04. The highest BCUT2D eigenvalue weighted by atomic mass is 16.4. The van der Waals surface area contributed by atoms with Gasteiger partial charge in [-0.3, -0.25) is 4.79 Å². The Morgan fingerprint density at radius 3 is 2.82 bits per heavy atom. The van der Waals surface area contributed by atoms with E-state index >= 15 is 0 Å². The van der Waals surface area contributed by atoms with Crippen LogP contribution in [0.25, 0.3) is 0 Å². The number of carboxylic acids is 1. The summed E-state index contributed by atoms with van der Waals surface area (Å²) >= 11 is 0. The molecule has 0 heterocycles. The molecular weight excluding hydrogens is 212 g/mol. The molecule has 5 atom stereocenters.